The largest absolute Gasteiger partial charge is 0.411 e. The SMILES string of the molecule is Clc1ccc(-c2nnc(SC3c4ccccc4-c4ccccc43)o2)cc1. The van der Waals surface area contributed by atoms with Gasteiger partial charge in [-0.3, -0.25) is 0 Å². The van der Waals surface area contributed by atoms with Crippen molar-refractivity contribution in [3.8, 4) is 22.6 Å². The Balaban J connectivity index is 1.50. The van der Waals surface area contributed by atoms with Crippen molar-refractivity contribution in [1.29, 1.82) is 0 Å². The topological polar surface area (TPSA) is 38.9 Å². The molecule has 1 aliphatic rings. The van der Waals surface area contributed by atoms with Crippen LogP contribution in [-0.4, -0.2) is 10.2 Å². The molecule has 0 saturated carbocycles. The van der Waals surface area contributed by atoms with Gasteiger partial charge >= 0.3 is 0 Å². The van der Waals surface area contributed by atoms with E-state index in [0.717, 1.165) is 5.56 Å². The van der Waals surface area contributed by atoms with E-state index in [4.69, 9.17) is 16.0 Å². The van der Waals surface area contributed by atoms with Crippen molar-refractivity contribution in [3.05, 3.63) is 88.9 Å². The highest BCUT2D eigenvalue weighted by Gasteiger charge is 2.30. The van der Waals surface area contributed by atoms with Crippen LogP contribution in [0.5, 0.6) is 0 Å². The van der Waals surface area contributed by atoms with Crippen molar-refractivity contribution in [2.75, 3.05) is 0 Å². The highest BCUT2D eigenvalue weighted by molar-refractivity contribution is 7.99. The smallest absolute Gasteiger partial charge is 0.277 e. The lowest BCUT2D eigenvalue weighted by Crippen LogP contribution is -1.91. The first-order valence-corrected chi connectivity index (χ1v) is 9.50. The third-order valence-corrected chi connectivity index (χ3v) is 5.86. The molecule has 0 unspecified atom stereocenters. The monoisotopic (exact) mass is 376 g/mol. The van der Waals surface area contributed by atoms with E-state index in [1.807, 2.05) is 24.3 Å². The molecule has 1 aromatic heterocycles. The molecular formula is C21H13ClN2OS. The Morgan fingerprint density at radius 1 is 0.769 bits per heavy atom. The molecule has 1 aliphatic carbocycles. The van der Waals surface area contributed by atoms with E-state index < -0.39 is 0 Å². The summed E-state index contributed by atoms with van der Waals surface area (Å²) in [4.78, 5) is 0. The van der Waals surface area contributed by atoms with Crippen LogP contribution in [0, 0.1) is 0 Å². The maximum atomic E-state index is 5.94. The summed E-state index contributed by atoms with van der Waals surface area (Å²) < 4.78 is 5.90. The van der Waals surface area contributed by atoms with Gasteiger partial charge < -0.3 is 4.42 Å². The van der Waals surface area contributed by atoms with Crippen molar-refractivity contribution in [2.45, 2.75) is 10.5 Å². The number of nitrogens with zero attached hydrogens (tertiary/aromatic N) is 2. The Labute approximate surface area is 160 Å². The summed E-state index contributed by atoms with van der Waals surface area (Å²) in [5.74, 6) is 0.503. The zero-order valence-corrected chi connectivity index (χ0v) is 15.2. The molecule has 0 amide bonds. The third kappa shape index (κ3) is 2.62. The first-order chi connectivity index (χ1) is 12.8. The van der Waals surface area contributed by atoms with Gasteiger partial charge in [0.1, 0.15) is 0 Å². The predicted octanol–water partition coefficient (Wildman–Crippen LogP) is 6.25. The summed E-state index contributed by atoms with van der Waals surface area (Å²) in [6.07, 6.45) is 0. The van der Waals surface area contributed by atoms with Gasteiger partial charge in [0.25, 0.3) is 5.22 Å². The Hall–Kier alpha value is -2.56. The quantitative estimate of drug-likeness (QED) is 0.423. The fourth-order valence-corrected chi connectivity index (χ4v) is 4.51. The van der Waals surface area contributed by atoms with Gasteiger partial charge in [0.2, 0.25) is 5.89 Å². The van der Waals surface area contributed by atoms with E-state index in [1.165, 1.54) is 22.3 Å². The predicted molar refractivity (Wildman–Crippen MR) is 104 cm³/mol. The summed E-state index contributed by atoms with van der Waals surface area (Å²) in [6, 6.07) is 24.4. The molecule has 0 fully saturated rings. The maximum Gasteiger partial charge on any atom is 0.277 e. The lowest BCUT2D eigenvalue weighted by molar-refractivity contribution is 0.465. The molecule has 0 atom stereocenters. The number of thioether (sulfide) groups is 1. The van der Waals surface area contributed by atoms with Crippen LogP contribution >= 0.6 is 23.4 Å². The first kappa shape index (κ1) is 15.7. The zero-order valence-electron chi connectivity index (χ0n) is 13.6. The minimum absolute atomic E-state index is 0.154. The van der Waals surface area contributed by atoms with Gasteiger partial charge in [-0.2, -0.15) is 0 Å². The Bertz CT molecular complexity index is 1050. The molecule has 1 heterocycles. The van der Waals surface area contributed by atoms with Gasteiger partial charge in [-0.15, -0.1) is 10.2 Å². The van der Waals surface area contributed by atoms with Crippen molar-refractivity contribution in [1.82, 2.24) is 10.2 Å². The highest BCUT2D eigenvalue weighted by Crippen LogP contribution is 2.51. The summed E-state index contributed by atoms with van der Waals surface area (Å²) in [5.41, 5.74) is 5.98. The van der Waals surface area contributed by atoms with E-state index in [2.05, 4.69) is 58.7 Å². The average molecular weight is 377 g/mol. The van der Waals surface area contributed by atoms with Crippen LogP contribution < -0.4 is 0 Å². The number of fused-ring (bicyclic) bond motifs is 3. The Morgan fingerprint density at radius 2 is 1.38 bits per heavy atom. The summed E-state index contributed by atoms with van der Waals surface area (Å²) >= 11 is 7.53. The van der Waals surface area contributed by atoms with Crippen LogP contribution in [0.4, 0.5) is 0 Å². The van der Waals surface area contributed by atoms with Gasteiger partial charge in [-0.1, -0.05) is 71.9 Å². The van der Waals surface area contributed by atoms with Gasteiger partial charge in [0.15, 0.2) is 0 Å². The Kier molecular flexibility index (Phi) is 3.80. The molecule has 126 valence electrons. The number of hydrogen-bond acceptors (Lipinski definition) is 4. The van der Waals surface area contributed by atoms with Crippen molar-refractivity contribution in [3.63, 3.8) is 0 Å². The molecular weight excluding hydrogens is 364 g/mol. The molecule has 5 rings (SSSR count). The second-order valence-corrected chi connectivity index (χ2v) is 7.55. The number of halogens is 1. The number of benzene rings is 3. The maximum absolute atomic E-state index is 5.94. The van der Waals surface area contributed by atoms with E-state index in [1.54, 1.807) is 11.8 Å². The van der Waals surface area contributed by atoms with Gasteiger partial charge in [-0.05, 0) is 46.5 Å². The second kappa shape index (κ2) is 6.31. The number of hydrogen-bond donors (Lipinski definition) is 0. The highest BCUT2D eigenvalue weighted by atomic mass is 35.5. The van der Waals surface area contributed by atoms with Gasteiger partial charge in [-0.25, -0.2) is 0 Å². The van der Waals surface area contributed by atoms with Crippen molar-refractivity contribution >= 4 is 23.4 Å². The van der Waals surface area contributed by atoms with Crippen molar-refractivity contribution in [2.24, 2.45) is 0 Å². The summed E-state index contributed by atoms with van der Waals surface area (Å²) in [5, 5.41) is 9.82. The minimum Gasteiger partial charge on any atom is -0.411 e. The normalized spacial score (nSPS) is 12.8. The molecule has 3 aromatic carbocycles. The molecule has 0 N–H and O–H groups in total. The molecule has 0 bridgehead atoms. The number of rotatable bonds is 3. The Morgan fingerprint density at radius 3 is 2.04 bits per heavy atom. The molecule has 4 aromatic rings. The molecule has 0 radical (unpaired) electrons. The molecule has 5 heteroatoms. The van der Waals surface area contributed by atoms with Gasteiger partial charge in [0, 0.05) is 10.6 Å². The van der Waals surface area contributed by atoms with Crippen LogP contribution in [0.15, 0.2) is 82.4 Å². The fourth-order valence-electron chi connectivity index (χ4n) is 3.30. The summed E-state index contributed by atoms with van der Waals surface area (Å²) in [7, 11) is 0. The van der Waals surface area contributed by atoms with E-state index in [0.29, 0.717) is 16.1 Å². The van der Waals surface area contributed by atoms with E-state index in [9.17, 15) is 0 Å². The van der Waals surface area contributed by atoms with Crippen molar-refractivity contribution < 1.29 is 4.42 Å². The number of aromatic nitrogens is 2. The summed E-state index contributed by atoms with van der Waals surface area (Å²) in [6.45, 7) is 0. The molecule has 0 aliphatic heterocycles. The third-order valence-electron chi connectivity index (χ3n) is 4.49. The van der Waals surface area contributed by atoms with Crippen LogP contribution in [0.2, 0.25) is 5.02 Å². The first-order valence-electron chi connectivity index (χ1n) is 8.24. The second-order valence-electron chi connectivity index (χ2n) is 6.05. The van der Waals surface area contributed by atoms with Crippen LogP contribution in [0.3, 0.4) is 0 Å². The molecule has 26 heavy (non-hydrogen) atoms. The molecule has 0 spiro atoms. The van der Waals surface area contributed by atoms with E-state index >= 15 is 0 Å². The van der Waals surface area contributed by atoms with Crippen LogP contribution in [0.25, 0.3) is 22.6 Å². The lowest BCUT2D eigenvalue weighted by atomic mass is 10.1. The zero-order chi connectivity index (χ0) is 17.5. The molecule has 3 nitrogen and oxygen atoms in total. The standard InChI is InChI=1S/C21H13ClN2OS/c22-14-11-9-13(10-12-14)20-23-24-21(25-20)26-19-17-7-3-1-5-15(17)16-6-2-4-8-18(16)19/h1-12,19H. The van der Waals surface area contributed by atoms with Crippen LogP contribution in [0.1, 0.15) is 16.4 Å². The molecule has 0 saturated heterocycles. The van der Waals surface area contributed by atoms with Gasteiger partial charge in [0.05, 0.1) is 5.25 Å². The fraction of sp³-hybridized carbons (Fsp3) is 0.0476. The van der Waals surface area contributed by atoms with Crippen LogP contribution in [-0.2, 0) is 0 Å². The minimum atomic E-state index is 0.154. The van der Waals surface area contributed by atoms with E-state index in [-0.39, 0.29) is 5.25 Å². The lowest BCUT2D eigenvalue weighted by Gasteiger charge is -2.09. The average Bonchev–Trinajstić information content (AvgIpc) is 3.27.